The van der Waals surface area contributed by atoms with Gasteiger partial charge in [-0.15, -0.1) is 5.10 Å². The summed E-state index contributed by atoms with van der Waals surface area (Å²) in [7, 11) is 4.12. The molecule has 8 heteroatoms. The molecule has 1 amide bonds. The van der Waals surface area contributed by atoms with Gasteiger partial charge in [0.1, 0.15) is 5.82 Å². The molecule has 154 valence electrons. The number of halogens is 1. The van der Waals surface area contributed by atoms with Crippen molar-refractivity contribution in [3.63, 3.8) is 0 Å². The van der Waals surface area contributed by atoms with E-state index in [1.165, 1.54) is 0 Å². The van der Waals surface area contributed by atoms with E-state index in [2.05, 4.69) is 51.2 Å². The zero-order valence-electron chi connectivity index (χ0n) is 17.1. The molecule has 0 fully saturated rings. The SMILES string of the molecule is Cc1nc(C(=O)Nc2ccc3c(ccn3CCN(C)C)c2)nn1-c1ccccc1Cl. The number of rotatable bonds is 6. The van der Waals surface area contributed by atoms with Crippen LogP contribution < -0.4 is 5.32 Å². The van der Waals surface area contributed by atoms with E-state index in [1.807, 2.05) is 36.4 Å². The van der Waals surface area contributed by atoms with Gasteiger partial charge < -0.3 is 14.8 Å². The van der Waals surface area contributed by atoms with Gasteiger partial charge in [-0.3, -0.25) is 4.79 Å². The molecule has 2 aromatic heterocycles. The van der Waals surface area contributed by atoms with Crippen LogP contribution in [0.15, 0.2) is 54.7 Å². The van der Waals surface area contributed by atoms with Gasteiger partial charge in [-0.1, -0.05) is 23.7 Å². The Morgan fingerprint density at radius 3 is 2.73 bits per heavy atom. The van der Waals surface area contributed by atoms with Gasteiger partial charge >= 0.3 is 0 Å². The molecule has 0 aliphatic rings. The number of aromatic nitrogens is 4. The largest absolute Gasteiger partial charge is 0.346 e. The predicted molar refractivity (Wildman–Crippen MR) is 120 cm³/mol. The normalized spacial score (nSPS) is 11.4. The summed E-state index contributed by atoms with van der Waals surface area (Å²) in [6, 6.07) is 15.2. The molecule has 2 aromatic carbocycles. The standard InChI is InChI=1S/C22H23ClN6O/c1-15-24-21(26-29(15)20-7-5-4-6-18(20)23)22(30)25-17-8-9-19-16(14-17)10-11-28(19)13-12-27(2)3/h4-11,14H,12-13H2,1-3H3,(H,25,30). The molecule has 0 saturated heterocycles. The maximum absolute atomic E-state index is 12.7. The molecule has 0 bridgehead atoms. The molecule has 0 unspecified atom stereocenters. The number of aryl methyl sites for hydroxylation is 1. The van der Waals surface area contributed by atoms with Gasteiger partial charge in [-0.05, 0) is 57.4 Å². The van der Waals surface area contributed by atoms with Crippen LogP contribution in [0.25, 0.3) is 16.6 Å². The van der Waals surface area contributed by atoms with Crippen molar-refractivity contribution in [3.8, 4) is 5.69 Å². The fourth-order valence-corrected chi connectivity index (χ4v) is 3.52. The van der Waals surface area contributed by atoms with Crippen LogP contribution in [0.4, 0.5) is 5.69 Å². The molecule has 0 aliphatic heterocycles. The fourth-order valence-electron chi connectivity index (χ4n) is 3.31. The monoisotopic (exact) mass is 422 g/mol. The smallest absolute Gasteiger partial charge is 0.295 e. The number of hydrogen-bond acceptors (Lipinski definition) is 4. The van der Waals surface area contributed by atoms with E-state index in [0.717, 1.165) is 24.0 Å². The van der Waals surface area contributed by atoms with E-state index in [-0.39, 0.29) is 11.7 Å². The molecule has 4 rings (SSSR count). The third-order valence-corrected chi connectivity index (χ3v) is 5.19. The predicted octanol–water partition coefficient (Wildman–Crippen LogP) is 4.00. The Labute approximate surface area is 179 Å². The van der Waals surface area contributed by atoms with Crippen molar-refractivity contribution in [3.05, 3.63) is 71.4 Å². The fraction of sp³-hybridized carbons (Fsp3) is 0.227. The van der Waals surface area contributed by atoms with E-state index in [9.17, 15) is 4.79 Å². The number of amides is 1. The highest BCUT2D eigenvalue weighted by Crippen LogP contribution is 2.22. The number of hydrogen-bond donors (Lipinski definition) is 1. The van der Waals surface area contributed by atoms with Crippen LogP contribution >= 0.6 is 11.6 Å². The summed E-state index contributed by atoms with van der Waals surface area (Å²) in [6.07, 6.45) is 2.07. The van der Waals surface area contributed by atoms with Crippen LogP contribution in [0.1, 0.15) is 16.4 Å². The van der Waals surface area contributed by atoms with Crippen LogP contribution in [0, 0.1) is 6.92 Å². The number of carbonyl (C=O) groups is 1. The molecule has 0 aliphatic carbocycles. The average Bonchev–Trinajstić information content (AvgIpc) is 3.30. The molecule has 0 atom stereocenters. The summed E-state index contributed by atoms with van der Waals surface area (Å²) in [5.41, 5.74) is 2.51. The van der Waals surface area contributed by atoms with Crippen LogP contribution in [0.2, 0.25) is 5.02 Å². The Morgan fingerprint density at radius 1 is 1.17 bits per heavy atom. The third-order valence-electron chi connectivity index (χ3n) is 4.87. The summed E-state index contributed by atoms with van der Waals surface area (Å²) in [5, 5.41) is 8.84. The number of nitrogens with zero attached hydrogens (tertiary/aromatic N) is 5. The van der Waals surface area contributed by atoms with Crippen molar-refractivity contribution in [2.45, 2.75) is 13.5 Å². The maximum atomic E-state index is 12.7. The van der Waals surface area contributed by atoms with Crippen molar-refractivity contribution in [2.24, 2.45) is 0 Å². The Balaban J connectivity index is 1.54. The molecule has 0 spiro atoms. The lowest BCUT2D eigenvalue weighted by Gasteiger charge is -2.11. The number of benzene rings is 2. The number of likely N-dealkylation sites (N-methyl/N-ethyl adjacent to an activating group) is 1. The lowest BCUT2D eigenvalue weighted by molar-refractivity contribution is 0.101. The Morgan fingerprint density at radius 2 is 1.97 bits per heavy atom. The average molecular weight is 423 g/mol. The van der Waals surface area contributed by atoms with Crippen molar-refractivity contribution in [1.82, 2.24) is 24.2 Å². The highest BCUT2D eigenvalue weighted by atomic mass is 35.5. The number of anilines is 1. The minimum Gasteiger partial charge on any atom is -0.346 e. The minimum absolute atomic E-state index is 0.0936. The first-order valence-corrected chi connectivity index (χ1v) is 10.0. The first kappa shape index (κ1) is 20.1. The molecule has 2 heterocycles. The van der Waals surface area contributed by atoms with E-state index in [4.69, 9.17) is 11.6 Å². The van der Waals surface area contributed by atoms with Crippen LogP contribution in [0.5, 0.6) is 0 Å². The first-order chi connectivity index (χ1) is 14.4. The number of fused-ring (bicyclic) bond motifs is 1. The van der Waals surface area contributed by atoms with Crippen LogP contribution in [0.3, 0.4) is 0 Å². The first-order valence-electron chi connectivity index (χ1n) is 9.66. The summed E-state index contributed by atoms with van der Waals surface area (Å²) in [4.78, 5) is 19.2. The molecule has 0 radical (unpaired) electrons. The van der Waals surface area contributed by atoms with E-state index in [1.54, 1.807) is 17.7 Å². The number of carbonyl (C=O) groups excluding carboxylic acids is 1. The maximum Gasteiger partial charge on any atom is 0.295 e. The molecule has 0 saturated carbocycles. The summed E-state index contributed by atoms with van der Waals surface area (Å²) < 4.78 is 3.78. The van der Waals surface area contributed by atoms with Gasteiger partial charge in [0.05, 0.1) is 10.7 Å². The van der Waals surface area contributed by atoms with E-state index >= 15 is 0 Å². The van der Waals surface area contributed by atoms with Crippen molar-refractivity contribution in [2.75, 3.05) is 26.0 Å². The third kappa shape index (κ3) is 4.08. The zero-order valence-corrected chi connectivity index (χ0v) is 17.9. The molecule has 4 aromatic rings. The molecule has 1 N–H and O–H groups in total. The van der Waals surface area contributed by atoms with Gasteiger partial charge in [0.2, 0.25) is 5.82 Å². The van der Waals surface area contributed by atoms with Crippen molar-refractivity contribution in [1.29, 1.82) is 0 Å². The lowest BCUT2D eigenvalue weighted by atomic mass is 10.2. The topological polar surface area (TPSA) is 68.0 Å². The second kappa shape index (κ2) is 8.30. The summed E-state index contributed by atoms with van der Waals surface area (Å²) in [6.45, 7) is 3.65. The molecule has 30 heavy (non-hydrogen) atoms. The quantitative estimate of drug-likeness (QED) is 0.510. The summed E-state index contributed by atoms with van der Waals surface area (Å²) in [5.74, 6) is 0.313. The number of nitrogens with one attached hydrogen (secondary N) is 1. The Bertz CT molecular complexity index is 1210. The highest BCUT2D eigenvalue weighted by molar-refractivity contribution is 6.32. The highest BCUT2D eigenvalue weighted by Gasteiger charge is 2.17. The van der Waals surface area contributed by atoms with Gasteiger partial charge in [-0.25, -0.2) is 9.67 Å². The van der Waals surface area contributed by atoms with Gasteiger partial charge in [0.15, 0.2) is 0 Å². The Hall–Kier alpha value is -3.16. The minimum atomic E-state index is -0.365. The zero-order chi connectivity index (χ0) is 21.3. The second-order valence-corrected chi connectivity index (χ2v) is 7.79. The van der Waals surface area contributed by atoms with Crippen molar-refractivity contribution >= 4 is 34.1 Å². The van der Waals surface area contributed by atoms with Crippen LogP contribution in [-0.4, -0.2) is 50.8 Å². The van der Waals surface area contributed by atoms with Gasteiger partial charge in [0.25, 0.3) is 5.91 Å². The summed E-state index contributed by atoms with van der Waals surface area (Å²) >= 11 is 6.25. The van der Waals surface area contributed by atoms with Gasteiger partial charge in [-0.2, -0.15) is 0 Å². The van der Waals surface area contributed by atoms with E-state index in [0.29, 0.717) is 22.2 Å². The Kier molecular flexibility index (Phi) is 5.57. The van der Waals surface area contributed by atoms with E-state index < -0.39 is 0 Å². The lowest BCUT2D eigenvalue weighted by Crippen LogP contribution is -2.17. The molecular weight excluding hydrogens is 400 g/mol. The molecular formula is C22H23ClN6O. The number of para-hydroxylation sites is 1. The van der Waals surface area contributed by atoms with Crippen LogP contribution in [-0.2, 0) is 6.54 Å². The van der Waals surface area contributed by atoms with Gasteiger partial charge in [0, 0.05) is 35.9 Å². The second-order valence-electron chi connectivity index (χ2n) is 7.39. The molecule has 7 nitrogen and oxygen atoms in total. The van der Waals surface area contributed by atoms with Crippen molar-refractivity contribution < 1.29 is 4.79 Å².